The molecule has 0 bridgehead atoms. The zero-order valence-corrected chi connectivity index (χ0v) is 19.6. The summed E-state index contributed by atoms with van der Waals surface area (Å²) in [5.41, 5.74) is 1.34. The molecule has 2 aliphatic heterocycles. The first-order valence-electron chi connectivity index (χ1n) is 10.6. The van der Waals surface area contributed by atoms with E-state index in [1.807, 2.05) is 6.92 Å². The second kappa shape index (κ2) is 10.1. The molecule has 0 radical (unpaired) electrons. The largest absolute Gasteiger partial charge is 0.379 e. The van der Waals surface area contributed by atoms with Crippen LogP contribution in [0.1, 0.15) is 19.8 Å². The predicted molar refractivity (Wildman–Crippen MR) is 120 cm³/mol. The quantitative estimate of drug-likeness (QED) is 0.551. The maximum atomic E-state index is 13.1. The summed E-state index contributed by atoms with van der Waals surface area (Å²) in [5, 5.41) is 14.9. The molecule has 0 atom stereocenters. The first-order chi connectivity index (χ1) is 15.5. The smallest absolute Gasteiger partial charge is 0.243 e. The van der Waals surface area contributed by atoms with E-state index in [2.05, 4.69) is 25.7 Å². The lowest BCUT2D eigenvalue weighted by Crippen LogP contribution is -2.40. The summed E-state index contributed by atoms with van der Waals surface area (Å²) in [6, 6.07) is 4.98. The molecule has 1 N–H and O–H groups in total. The summed E-state index contributed by atoms with van der Waals surface area (Å²) < 4.78 is 34.6. The SMILES string of the molecule is CCn1nnnc1SCC(=O)Nc1cc(S(=O)(=O)N2CCOCC2)ccc1N1CCCC1. The van der Waals surface area contributed by atoms with Crippen LogP contribution in [0.3, 0.4) is 0 Å². The fraction of sp³-hybridized carbons (Fsp3) is 0.579. The molecular weight excluding hydrogens is 454 g/mol. The maximum Gasteiger partial charge on any atom is 0.243 e. The molecule has 1 aromatic heterocycles. The fourth-order valence-corrected chi connectivity index (χ4v) is 5.94. The number of nitrogens with one attached hydrogen (secondary N) is 1. The van der Waals surface area contributed by atoms with Gasteiger partial charge in [0, 0.05) is 32.7 Å². The fourth-order valence-electron chi connectivity index (χ4n) is 3.76. The Morgan fingerprint density at radius 3 is 2.66 bits per heavy atom. The lowest BCUT2D eigenvalue weighted by Gasteiger charge is -2.27. The molecule has 2 aromatic rings. The van der Waals surface area contributed by atoms with Gasteiger partial charge in [-0.3, -0.25) is 4.79 Å². The van der Waals surface area contributed by atoms with Gasteiger partial charge in [-0.2, -0.15) is 4.31 Å². The molecule has 0 aliphatic carbocycles. The van der Waals surface area contributed by atoms with Gasteiger partial charge in [-0.1, -0.05) is 11.8 Å². The summed E-state index contributed by atoms with van der Waals surface area (Å²) in [5.74, 6) is -0.137. The van der Waals surface area contributed by atoms with Crippen LogP contribution in [-0.2, 0) is 26.1 Å². The van der Waals surface area contributed by atoms with E-state index in [0.29, 0.717) is 43.7 Å². The molecule has 32 heavy (non-hydrogen) atoms. The Bertz CT molecular complexity index is 1050. The van der Waals surface area contributed by atoms with Crippen LogP contribution < -0.4 is 10.2 Å². The molecule has 2 fully saturated rings. The molecule has 0 spiro atoms. The molecule has 0 unspecified atom stereocenters. The van der Waals surface area contributed by atoms with Crippen LogP contribution in [0, 0.1) is 0 Å². The normalized spacial score (nSPS) is 17.6. The first kappa shape index (κ1) is 23.0. The van der Waals surface area contributed by atoms with E-state index in [-0.39, 0.29) is 16.6 Å². The summed E-state index contributed by atoms with van der Waals surface area (Å²) in [6.07, 6.45) is 2.13. The minimum atomic E-state index is -3.67. The number of carbonyl (C=O) groups is 1. The number of nitrogens with zero attached hydrogens (tertiary/aromatic N) is 6. The zero-order chi connectivity index (χ0) is 22.6. The Morgan fingerprint density at radius 2 is 1.94 bits per heavy atom. The van der Waals surface area contributed by atoms with E-state index < -0.39 is 10.0 Å². The predicted octanol–water partition coefficient (Wildman–Crippen LogP) is 1.04. The molecule has 4 rings (SSSR count). The van der Waals surface area contributed by atoms with Gasteiger partial charge in [-0.15, -0.1) is 5.10 Å². The number of aromatic nitrogens is 4. The van der Waals surface area contributed by atoms with Gasteiger partial charge < -0.3 is 15.0 Å². The van der Waals surface area contributed by atoms with E-state index in [4.69, 9.17) is 4.74 Å². The molecule has 1 amide bonds. The third-order valence-corrected chi connectivity index (χ3v) is 8.28. The maximum absolute atomic E-state index is 13.1. The van der Waals surface area contributed by atoms with Crippen molar-refractivity contribution in [3.63, 3.8) is 0 Å². The van der Waals surface area contributed by atoms with Crippen LogP contribution in [0.5, 0.6) is 0 Å². The number of carbonyl (C=O) groups excluding carboxylic acids is 1. The van der Waals surface area contributed by atoms with Crippen LogP contribution in [0.15, 0.2) is 28.3 Å². The molecule has 1 aromatic carbocycles. The van der Waals surface area contributed by atoms with E-state index in [1.165, 1.54) is 16.1 Å². The average Bonchev–Trinajstić information content (AvgIpc) is 3.50. The lowest BCUT2D eigenvalue weighted by atomic mass is 10.2. The summed E-state index contributed by atoms with van der Waals surface area (Å²) in [4.78, 5) is 15.1. The lowest BCUT2D eigenvalue weighted by molar-refractivity contribution is -0.113. The first-order valence-corrected chi connectivity index (χ1v) is 13.1. The van der Waals surface area contributed by atoms with Crippen LogP contribution in [0.4, 0.5) is 11.4 Å². The minimum absolute atomic E-state index is 0.111. The number of amides is 1. The molecule has 3 heterocycles. The second-order valence-corrected chi connectivity index (χ2v) is 10.4. The van der Waals surface area contributed by atoms with Crippen molar-refractivity contribution in [1.82, 2.24) is 24.5 Å². The van der Waals surface area contributed by atoms with Gasteiger partial charge in [0.25, 0.3) is 0 Å². The highest BCUT2D eigenvalue weighted by molar-refractivity contribution is 7.99. The Morgan fingerprint density at radius 1 is 1.19 bits per heavy atom. The van der Waals surface area contributed by atoms with Crippen molar-refractivity contribution >= 4 is 39.1 Å². The van der Waals surface area contributed by atoms with E-state index >= 15 is 0 Å². The van der Waals surface area contributed by atoms with Crippen LogP contribution >= 0.6 is 11.8 Å². The minimum Gasteiger partial charge on any atom is -0.379 e. The highest BCUT2D eigenvalue weighted by atomic mass is 32.2. The summed E-state index contributed by atoms with van der Waals surface area (Å²) in [7, 11) is -3.67. The van der Waals surface area contributed by atoms with Crippen molar-refractivity contribution in [2.75, 3.05) is 55.4 Å². The number of tetrazole rings is 1. The van der Waals surface area contributed by atoms with E-state index in [9.17, 15) is 13.2 Å². The number of morpholine rings is 1. The second-order valence-electron chi connectivity index (χ2n) is 7.50. The molecule has 13 heteroatoms. The van der Waals surface area contributed by atoms with Crippen molar-refractivity contribution in [2.24, 2.45) is 0 Å². The number of hydrogen-bond acceptors (Lipinski definition) is 9. The monoisotopic (exact) mass is 481 g/mol. The average molecular weight is 482 g/mol. The van der Waals surface area contributed by atoms with Crippen LogP contribution in [0.2, 0.25) is 0 Å². The summed E-state index contributed by atoms with van der Waals surface area (Å²) in [6.45, 7) is 5.67. The van der Waals surface area contributed by atoms with E-state index in [1.54, 1.807) is 22.9 Å². The standard InChI is InChI=1S/C19H27N7O4S2/c1-2-26-19(21-22-23-26)31-14-18(27)20-16-13-15(5-6-17(16)24-7-3-4-8-24)32(28,29)25-9-11-30-12-10-25/h5-6,13H,2-4,7-12,14H2,1H3,(H,20,27). The number of ether oxygens (including phenoxy) is 1. The highest BCUT2D eigenvalue weighted by Crippen LogP contribution is 2.32. The number of thioether (sulfide) groups is 1. The van der Waals surface area contributed by atoms with Crippen LogP contribution in [-0.4, -0.2) is 84.0 Å². The molecular formula is C19H27N7O4S2. The number of hydrogen-bond donors (Lipinski definition) is 1. The molecule has 2 saturated heterocycles. The van der Waals surface area contributed by atoms with Gasteiger partial charge in [0.2, 0.25) is 21.1 Å². The molecule has 2 aliphatic rings. The van der Waals surface area contributed by atoms with Crippen molar-refractivity contribution in [1.29, 1.82) is 0 Å². The van der Waals surface area contributed by atoms with Gasteiger partial charge in [0.15, 0.2) is 0 Å². The van der Waals surface area contributed by atoms with Crippen molar-refractivity contribution in [3.8, 4) is 0 Å². The van der Waals surface area contributed by atoms with Gasteiger partial charge in [0.05, 0.1) is 35.2 Å². The number of sulfonamides is 1. The van der Waals surface area contributed by atoms with Crippen molar-refractivity contribution < 1.29 is 17.9 Å². The number of anilines is 2. The van der Waals surface area contributed by atoms with Gasteiger partial charge >= 0.3 is 0 Å². The van der Waals surface area contributed by atoms with Gasteiger partial charge in [-0.05, 0) is 48.4 Å². The zero-order valence-electron chi connectivity index (χ0n) is 17.9. The van der Waals surface area contributed by atoms with Gasteiger partial charge in [0.1, 0.15) is 0 Å². The van der Waals surface area contributed by atoms with Crippen molar-refractivity contribution in [3.05, 3.63) is 18.2 Å². The third kappa shape index (κ3) is 5.05. The Kier molecular flexibility index (Phi) is 7.28. The summed E-state index contributed by atoms with van der Waals surface area (Å²) >= 11 is 1.24. The Balaban J connectivity index is 1.55. The molecule has 174 valence electrons. The molecule has 11 nitrogen and oxygen atoms in total. The number of aryl methyl sites for hydroxylation is 1. The molecule has 0 saturated carbocycles. The third-order valence-electron chi connectivity index (χ3n) is 5.43. The highest BCUT2D eigenvalue weighted by Gasteiger charge is 2.28. The Hall–Kier alpha value is -2.22. The Labute approximate surface area is 191 Å². The number of rotatable bonds is 8. The van der Waals surface area contributed by atoms with Gasteiger partial charge in [-0.25, -0.2) is 13.1 Å². The van der Waals surface area contributed by atoms with E-state index in [0.717, 1.165) is 31.6 Å². The van der Waals surface area contributed by atoms with Crippen LogP contribution in [0.25, 0.3) is 0 Å². The number of benzene rings is 1. The van der Waals surface area contributed by atoms with Crippen molar-refractivity contribution in [2.45, 2.75) is 36.4 Å². The topological polar surface area (TPSA) is 123 Å².